The third-order valence-corrected chi connectivity index (χ3v) is 5.87. The highest BCUT2D eigenvalue weighted by Crippen LogP contribution is 2.38. The Bertz CT molecular complexity index is 764. The molecule has 0 N–H and O–H groups in total. The number of amides is 1. The molecule has 2 fully saturated rings. The molecule has 2 atom stereocenters. The second-order valence-electron chi connectivity index (χ2n) is 8.03. The number of hydrogen-bond acceptors (Lipinski definition) is 3. The highest BCUT2D eigenvalue weighted by atomic mass is 16.5. The van der Waals surface area contributed by atoms with Crippen molar-refractivity contribution in [1.82, 2.24) is 9.80 Å². The SMILES string of the molecule is C[C@@H](c1ccccc1)N1C[C@@]2(COCCN(Cc3ccccc3)C2)CC1=O. The highest BCUT2D eigenvalue weighted by molar-refractivity contribution is 5.80. The minimum absolute atomic E-state index is 0.101. The van der Waals surface area contributed by atoms with Gasteiger partial charge >= 0.3 is 0 Å². The zero-order chi connectivity index (χ0) is 18.7. The van der Waals surface area contributed by atoms with Crippen LogP contribution >= 0.6 is 0 Å². The van der Waals surface area contributed by atoms with Crippen molar-refractivity contribution < 1.29 is 9.53 Å². The van der Waals surface area contributed by atoms with Crippen LogP contribution in [0.15, 0.2) is 60.7 Å². The molecule has 27 heavy (non-hydrogen) atoms. The predicted octanol–water partition coefficient (Wildman–Crippen LogP) is 3.50. The van der Waals surface area contributed by atoms with Gasteiger partial charge in [0, 0.05) is 38.0 Å². The van der Waals surface area contributed by atoms with E-state index in [0.717, 1.165) is 32.8 Å². The predicted molar refractivity (Wildman–Crippen MR) is 106 cm³/mol. The van der Waals surface area contributed by atoms with E-state index in [2.05, 4.69) is 54.3 Å². The van der Waals surface area contributed by atoms with E-state index in [-0.39, 0.29) is 17.4 Å². The Hall–Kier alpha value is -2.17. The molecule has 0 aromatic heterocycles. The van der Waals surface area contributed by atoms with Crippen LogP contribution in [0.1, 0.15) is 30.5 Å². The van der Waals surface area contributed by atoms with Crippen molar-refractivity contribution in [1.29, 1.82) is 0 Å². The Labute approximate surface area is 161 Å². The lowest BCUT2D eigenvalue weighted by Gasteiger charge is -2.33. The van der Waals surface area contributed by atoms with E-state index in [1.54, 1.807) is 0 Å². The summed E-state index contributed by atoms with van der Waals surface area (Å²) in [6.07, 6.45) is 0.579. The molecule has 2 saturated heterocycles. The number of carbonyl (C=O) groups excluding carboxylic acids is 1. The third kappa shape index (κ3) is 4.07. The van der Waals surface area contributed by atoms with Gasteiger partial charge in [-0.3, -0.25) is 9.69 Å². The van der Waals surface area contributed by atoms with Gasteiger partial charge in [-0.05, 0) is 18.1 Å². The van der Waals surface area contributed by atoms with Crippen molar-refractivity contribution in [2.75, 3.05) is 32.8 Å². The smallest absolute Gasteiger partial charge is 0.223 e. The molecule has 4 nitrogen and oxygen atoms in total. The summed E-state index contributed by atoms with van der Waals surface area (Å²) < 4.78 is 5.96. The van der Waals surface area contributed by atoms with Crippen molar-refractivity contribution in [3.05, 3.63) is 71.8 Å². The molecule has 2 aliphatic rings. The van der Waals surface area contributed by atoms with Crippen LogP contribution in [0.3, 0.4) is 0 Å². The minimum atomic E-state index is -0.106. The van der Waals surface area contributed by atoms with Crippen LogP contribution in [0.25, 0.3) is 0 Å². The number of rotatable bonds is 4. The molecule has 0 unspecified atom stereocenters. The first-order chi connectivity index (χ1) is 13.2. The third-order valence-electron chi connectivity index (χ3n) is 5.87. The topological polar surface area (TPSA) is 32.8 Å². The van der Waals surface area contributed by atoms with E-state index in [1.807, 2.05) is 23.1 Å². The van der Waals surface area contributed by atoms with E-state index in [4.69, 9.17) is 4.74 Å². The monoisotopic (exact) mass is 364 g/mol. The van der Waals surface area contributed by atoms with Gasteiger partial charge in [-0.1, -0.05) is 60.7 Å². The van der Waals surface area contributed by atoms with Crippen molar-refractivity contribution in [3.8, 4) is 0 Å². The second-order valence-corrected chi connectivity index (χ2v) is 8.03. The standard InChI is InChI=1S/C23H28N2O2/c1-19(21-10-6-3-7-11-21)25-17-23(14-22(25)26)16-24(12-13-27-18-23)15-20-8-4-2-5-9-20/h2-11,19H,12-18H2,1H3/t19-,23+/m0/s1. The molecule has 142 valence electrons. The molecule has 0 aliphatic carbocycles. The van der Waals surface area contributed by atoms with Gasteiger partial charge in [-0.15, -0.1) is 0 Å². The molecule has 2 heterocycles. The van der Waals surface area contributed by atoms with Crippen LogP contribution < -0.4 is 0 Å². The normalized spacial score (nSPS) is 24.9. The van der Waals surface area contributed by atoms with E-state index in [9.17, 15) is 4.79 Å². The number of likely N-dealkylation sites (tertiary alicyclic amines) is 1. The van der Waals surface area contributed by atoms with Crippen LogP contribution in [0.4, 0.5) is 0 Å². The molecule has 0 bridgehead atoms. The zero-order valence-electron chi connectivity index (χ0n) is 16.0. The minimum Gasteiger partial charge on any atom is -0.379 e. The van der Waals surface area contributed by atoms with Crippen LogP contribution in [0.2, 0.25) is 0 Å². The number of benzene rings is 2. The summed E-state index contributed by atoms with van der Waals surface area (Å²) in [7, 11) is 0. The van der Waals surface area contributed by atoms with Gasteiger partial charge in [0.05, 0.1) is 19.3 Å². The summed E-state index contributed by atoms with van der Waals surface area (Å²) in [5, 5.41) is 0. The summed E-state index contributed by atoms with van der Waals surface area (Å²) in [4.78, 5) is 17.4. The Balaban J connectivity index is 1.49. The molecule has 1 amide bonds. The maximum Gasteiger partial charge on any atom is 0.223 e. The Morgan fingerprint density at radius 2 is 1.74 bits per heavy atom. The summed E-state index contributed by atoms with van der Waals surface area (Å²) in [5.41, 5.74) is 2.40. The van der Waals surface area contributed by atoms with Gasteiger partial charge in [0.15, 0.2) is 0 Å². The van der Waals surface area contributed by atoms with Gasteiger partial charge in [0.25, 0.3) is 0 Å². The van der Waals surface area contributed by atoms with Gasteiger partial charge in [-0.25, -0.2) is 0 Å². The molecule has 4 heteroatoms. The number of hydrogen-bond donors (Lipinski definition) is 0. The fraction of sp³-hybridized carbons (Fsp3) is 0.435. The fourth-order valence-electron chi connectivity index (χ4n) is 4.45. The van der Waals surface area contributed by atoms with Crippen LogP contribution in [-0.4, -0.2) is 48.6 Å². The van der Waals surface area contributed by atoms with E-state index >= 15 is 0 Å². The van der Waals surface area contributed by atoms with Crippen molar-refractivity contribution in [2.24, 2.45) is 5.41 Å². The van der Waals surface area contributed by atoms with Crippen LogP contribution in [-0.2, 0) is 16.1 Å². The Kier molecular flexibility index (Phi) is 5.28. The number of ether oxygens (including phenoxy) is 1. The largest absolute Gasteiger partial charge is 0.379 e. The maximum absolute atomic E-state index is 12.9. The molecule has 2 aromatic rings. The zero-order valence-corrected chi connectivity index (χ0v) is 16.0. The first-order valence-electron chi connectivity index (χ1n) is 9.84. The van der Waals surface area contributed by atoms with E-state index in [1.165, 1.54) is 11.1 Å². The fourth-order valence-corrected chi connectivity index (χ4v) is 4.45. The molecule has 0 saturated carbocycles. The van der Waals surface area contributed by atoms with Gasteiger partial charge in [0.2, 0.25) is 5.91 Å². The number of nitrogens with zero attached hydrogens (tertiary/aromatic N) is 2. The van der Waals surface area contributed by atoms with Crippen LogP contribution in [0.5, 0.6) is 0 Å². The lowest BCUT2D eigenvalue weighted by Crippen LogP contribution is -2.40. The number of carbonyl (C=O) groups is 1. The molecule has 0 radical (unpaired) electrons. The molecular formula is C23H28N2O2. The average molecular weight is 364 g/mol. The van der Waals surface area contributed by atoms with Crippen molar-refractivity contribution in [2.45, 2.75) is 25.9 Å². The van der Waals surface area contributed by atoms with Gasteiger partial charge in [-0.2, -0.15) is 0 Å². The average Bonchev–Trinajstić information content (AvgIpc) is 2.89. The Morgan fingerprint density at radius 1 is 1.04 bits per heavy atom. The van der Waals surface area contributed by atoms with Crippen molar-refractivity contribution in [3.63, 3.8) is 0 Å². The molecule has 1 spiro atoms. The lowest BCUT2D eigenvalue weighted by molar-refractivity contribution is -0.129. The van der Waals surface area contributed by atoms with E-state index in [0.29, 0.717) is 13.0 Å². The molecule has 2 aromatic carbocycles. The lowest BCUT2D eigenvalue weighted by atomic mass is 9.87. The van der Waals surface area contributed by atoms with Gasteiger partial charge < -0.3 is 9.64 Å². The van der Waals surface area contributed by atoms with Gasteiger partial charge in [0.1, 0.15) is 0 Å². The highest BCUT2D eigenvalue weighted by Gasteiger charge is 2.46. The van der Waals surface area contributed by atoms with Crippen LogP contribution in [0, 0.1) is 5.41 Å². The molecule has 4 rings (SSSR count). The Morgan fingerprint density at radius 3 is 2.48 bits per heavy atom. The first-order valence-corrected chi connectivity index (χ1v) is 9.84. The summed E-state index contributed by atoms with van der Waals surface area (Å²) in [5.74, 6) is 0.247. The first kappa shape index (κ1) is 18.2. The summed E-state index contributed by atoms with van der Waals surface area (Å²) in [6.45, 7) is 7.04. The quantitative estimate of drug-likeness (QED) is 0.832. The molecule has 2 aliphatic heterocycles. The maximum atomic E-state index is 12.9. The van der Waals surface area contributed by atoms with E-state index < -0.39 is 0 Å². The molecular weight excluding hydrogens is 336 g/mol. The summed E-state index contributed by atoms with van der Waals surface area (Å²) in [6, 6.07) is 21.0. The van der Waals surface area contributed by atoms with Crippen molar-refractivity contribution >= 4 is 5.91 Å². The summed E-state index contributed by atoms with van der Waals surface area (Å²) >= 11 is 0. The second kappa shape index (κ2) is 7.83.